The first kappa shape index (κ1) is 47.3. The van der Waals surface area contributed by atoms with Gasteiger partial charge in [0.2, 0.25) is 21.8 Å². The molecule has 13 nitrogen and oxygen atoms in total. The Morgan fingerprint density at radius 1 is 1.05 bits per heavy atom. The molecule has 0 bridgehead atoms. The molecule has 0 aliphatic carbocycles. The first-order valence-corrected chi connectivity index (χ1v) is 21.9. The lowest BCUT2D eigenvalue weighted by Gasteiger charge is -2.43. The second kappa shape index (κ2) is 19.3. The first-order valence-electron chi connectivity index (χ1n) is 18.5. The molecule has 0 saturated carbocycles. The van der Waals surface area contributed by atoms with E-state index in [1.807, 2.05) is 32.0 Å². The summed E-state index contributed by atoms with van der Waals surface area (Å²) in [4.78, 5) is 44.0. The number of halogens is 5. The summed E-state index contributed by atoms with van der Waals surface area (Å²) in [6.07, 6.45) is -3.13. The number of pyridine rings is 1. The zero-order valence-electron chi connectivity index (χ0n) is 33.0. The molecule has 2 amide bonds. The molecule has 58 heavy (non-hydrogen) atoms. The summed E-state index contributed by atoms with van der Waals surface area (Å²) in [5.41, 5.74) is 7.80. The fourth-order valence-corrected chi connectivity index (χ4v) is 10.2. The lowest BCUT2D eigenvalue weighted by Crippen LogP contribution is -2.64. The van der Waals surface area contributed by atoms with Crippen LogP contribution in [-0.4, -0.2) is 129 Å². The van der Waals surface area contributed by atoms with Gasteiger partial charge in [-0.3, -0.25) is 9.59 Å². The SMILES string of the molecule is Cc1cc(C)c2cccc(OCc3c(Cl)ccc(S(=O)(=O)NC4(C(=O)N5CCN(C(=O)[C@@H](N)CCC[N+](C)(C)C)CC5)CCSCC4)c3Cl)c2n1.O=C([O-])C(F)(F)F. The number of aryl methyl sites for hydroxylation is 2. The number of carbonyl (C=O) groups excluding carboxylic acids is 3. The molecule has 3 heterocycles. The van der Waals surface area contributed by atoms with Gasteiger partial charge in [0.05, 0.1) is 38.8 Å². The number of carboxylic acids is 1. The maximum atomic E-state index is 14.2. The zero-order valence-corrected chi connectivity index (χ0v) is 36.1. The van der Waals surface area contributed by atoms with E-state index in [0.717, 1.165) is 34.1 Å². The predicted octanol–water partition coefficient (Wildman–Crippen LogP) is 4.06. The standard InChI is InChI=1S/C36H49Cl2N6O5S2.C2HF3O2/c1-24-22-25(2)40-33-26(24)8-6-10-30(33)49-23-27-28(37)11-12-31(32(27)38)51(47,48)41-36(13-20-50-21-14-36)35(46)43-17-15-42(16-18-43)34(45)29(39)9-7-19-44(3,4)5;3-2(4,5)1(6)7/h6,8,10-12,22,29,41H,7,9,13-21,23,39H2,1-5H3;(H,6,7)/q+1;/p-1/t29-;/m0./s1. The second-order valence-corrected chi connectivity index (χ2v) is 19.0. The normalized spacial score (nSPS) is 16.7. The van der Waals surface area contributed by atoms with E-state index in [2.05, 4.69) is 30.8 Å². The van der Waals surface area contributed by atoms with Crippen LogP contribution in [0.25, 0.3) is 10.9 Å². The van der Waals surface area contributed by atoms with Gasteiger partial charge in [-0.05, 0) is 80.9 Å². The number of aromatic nitrogens is 1. The fraction of sp³-hybridized carbons (Fsp3) is 0.526. The van der Waals surface area contributed by atoms with Gasteiger partial charge in [-0.2, -0.15) is 29.7 Å². The zero-order chi connectivity index (χ0) is 43.2. The molecule has 2 aliphatic rings. The number of ether oxygens (including phenoxy) is 1. The number of piperazine rings is 1. The third kappa shape index (κ3) is 12.1. The monoisotopic (exact) mass is 892 g/mol. The topological polar surface area (TPSA) is 175 Å². The van der Waals surface area contributed by atoms with Crippen molar-refractivity contribution in [2.75, 3.05) is 65.4 Å². The molecule has 320 valence electrons. The van der Waals surface area contributed by atoms with E-state index < -0.39 is 33.7 Å². The second-order valence-electron chi connectivity index (χ2n) is 15.3. The maximum Gasteiger partial charge on any atom is 0.430 e. The lowest BCUT2D eigenvalue weighted by atomic mass is 9.91. The van der Waals surface area contributed by atoms with Crippen LogP contribution in [0, 0.1) is 13.8 Å². The number of sulfonamides is 1. The number of hydrogen-bond donors (Lipinski definition) is 2. The molecule has 3 aromatic rings. The highest BCUT2D eigenvalue weighted by Gasteiger charge is 2.47. The summed E-state index contributed by atoms with van der Waals surface area (Å²) < 4.78 is 69.6. The van der Waals surface area contributed by atoms with Crippen LogP contribution in [-0.2, 0) is 31.0 Å². The molecule has 3 N–H and O–H groups in total. The van der Waals surface area contributed by atoms with Gasteiger partial charge in [-0.25, -0.2) is 13.4 Å². The number of rotatable bonds is 12. The van der Waals surface area contributed by atoms with Crippen LogP contribution in [0.4, 0.5) is 13.2 Å². The van der Waals surface area contributed by atoms with Gasteiger partial charge < -0.3 is 34.7 Å². The maximum absolute atomic E-state index is 14.2. The number of hydrogen-bond acceptors (Lipinski definition) is 10. The number of nitrogens with two attached hydrogens (primary N) is 1. The minimum atomic E-state index is -5.19. The van der Waals surface area contributed by atoms with Crippen LogP contribution in [0.3, 0.4) is 0 Å². The number of thioether (sulfide) groups is 1. The van der Waals surface area contributed by atoms with Crippen LogP contribution in [0.2, 0.25) is 10.0 Å². The smallest absolute Gasteiger partial charge is 0.430 e. The summed E-state index contributed by atoms with van der Waals surface area (Å²) in [7, 11) is 2.00. The highest BCUT2D eigenvalue weighted by atomic mass is 35.5. The van der Waals surface area contributed by atoms with Crippen molar-refractivity contribution in [1.29, 1.82) is 0 Å². The molecule has 0 spiro atoms. The summed E-state index contributed by atoms with van der Waals surface area (Å²) in [5.74, 6) is -1.68. The number of aliphatic carboxylic acids is 1. The Balaban J connectivity index is 0.000000973. The lowest BCUT2D eigenvalue weighted by molar-refractivity contribution is -0.870. The Bertz CT molecular complexity index is 2090. The highest BCUT2D eigenvalue weighted by Crippen LogP contribution is 2.36. The third-order valence-corrected chi connectivity index (χ3v) is 13.3. The van der Waals surface area contributed by atoms with Gasteiger partial charge in [-0.15, -0.1) is 0 Å². The molecule has 2 aliphatic heterocycles. The molecule has 0 unspecified atom stereocenters. The molecule has 0 radical (unpaired) electrons. The van der Waals surface area contributed by atoms with Crippen molar-refractivity contribution in [3.8, 4) is 5.75 Å². The van der Waals surface area contributed by atoms with Crippen LogP contribution in [0.1, 0.15) is 42.5 Å². The van der Waals surface area contributed by atoms with E-state index in [1.54, 1.807) is 27.6 Å². The summed E-state index contributed by atoms with van der Waals surface area (Å²) >= 11 is 15.0. The van der Waals surface area contributed by atoms with Gasteiger partial charge in [0.15, 0.2) is 0 Å². The van der Waals surface area contributed by atoms with Gasteiger partial charge in [-0.1, -0.05) is 35.3 Å². The Hall–Kier alpha value is -3.39. The third-order valence-electron chi connectivity index (χ3n) is 9.81. The van der Waals surface area contributed by atoms with E-state index in [-0.39, 0.29) is 46.5 Å². The minimum Gasteiger partial charge on any atom is -0.542 e. The average Bonchev–Trinajstić information content (AvgIpc) is 3.13. The van der Waals surface area contributed by atoms with Crippen molar-refractivity contribution in [3.63, 3.8) is 0 Å². The number of fused-ring (bicyclic) bond motifs is 1. The molecule has 5 rings (SSSR count). The van der Waals surface area contributed by atoms with Crippen molar-refractivity contribution in [2.24, 2.45) is 5.73 Å². The number of nitrogens with one attached hydrogen (secondary N) is 1. The molecule has 20 heteroatoms. The van der Waals surface area contributed by atoms with E-state index in [0.29, 0.717) is 60.7 Å². The molecule has 2 aromatic carbocycles. The summed E-state index contributed by atoms with van der Waals surface area (Å²) in [5, 5.41) is 9.90. The van der Waals surface area contributed by atoms with Crippen LogP contribution in [0.5, 0.6) is 5.75 Å². The number of alkyl halides is 3. The van der Waals surface area contributed by atoms with Crippen molar-refractivity contribution in [1.82, 2.24) is 19.5 Å². The van der Waals surface area contributed by atoms with Crippen molar-refractivity contribution in [2.45, 2.75) is 68.8 Å². The van der Waals surface area contributed by atoms with E-state index in [4.69, 9.17) is 43.6 Å². The first-order chi connectivity index (χ1) is 27.0. The molecule has 1 atom stereocenters. The number of carboxylic acid groups (broad SMARTS) is 1. The number of carbonyl (C=O) groups is 3. The fourth-order valence-electron chi connectivity index (χ4n) is 6.71. The Morgan fingerprint density at radius 3 is 2.24 bits per heavy atom. The number of nitrogens with zero attached hydrogens (tertiary/aromatic N) is 4. The van der Waals surface area contributed by atoms with Gasteiger partial charge in [0.1, 0.15) is 34.3 Å². The predicted molar refractivity (Wildman–Crippen MR) is 216 cm³/mol. The molecule has 1 aromatic heterocycles. The van der Waals surface area contributed by atoms with Crippen LogP contribution >= 0.6 is 35.0 Å². The number of para-hydroxylation sites is 1. The van der Waals surface area contributed by atoms with Gasteiger partial charge in [0, 0.05) is 47.8 Å². The summed E-state index contributed by atoms with van der Waals surface area (Å²) in [6, 6.07) is 9.87. The average molecular weight is 894 g/mol. The molecule has 2 saturated heterocycles. The van der Waals surface area contributed by atoms with E-state index in [1.165, 1.54) is 12.1 Å². The molecular formula is C38H49Cl2F3N6O7S2. The van der Waals surface area contributed by atoms with Gasteiger partial charge in [0.25, 0.3) is 0 Å². The van der Waals surface area contributed by atoms with Crippen molar-refractivity contribution < 1.29 is 50.3 Å². The number of benzene rings is 2. The summed E-state index contributed by atoms with van der Waals surface area (Å²) in [6.45, 7) is 5.98. The molecular weight excluding hydrogens is 844 g/mol. The Labute approximate surface area is 351 Å². The van der Waals surface area contributed by atoms with Crippen molar-refractivity contribution >= 4 is 73.7 Å². The number of quaternary nitrogens is 1. The Morgan fingerprint density at radius 2 is 1.66 bits per heavy atom. The molecule has 2 fully saturated rings. The van der Waals surface area contributed by atoms with Crippen LogP contribution < -0.4 is 20.3 Å². The van der Waals surface area contributed by atoms with E-state index in [9.17, 15) is 31.2 Å². The number of amides is 2. The Kier molecular flexibility index (Phi) is 15.8. The van der Waals surface area contributed by atoms with E-state index >= 15 is 0 Å². The quantitative estimate of drug-likeness (QED) is 0.253. The van der Waals surface area contributed by atoms with Gasteiger partial charge >= 0.3 is 6.18 Å². The van der Waals surface area contributed by atoms with Crippen molar-refractivity contribution in [3.05, 3.63) is 63.3 Å². The highest BCUT2D eigenvalue weighted by molar-refractivity contribution is 7.99. The largest absolute Gasteiger partial charge is 0.542 e. The minimum absolute atomic E-state index is 0.0757. The van der Waals surface area contributed by atoms with Crippen LogP contribution in [0.15, 0.2) is 41.3 Å².